The number of hydrogen-bond acceptors (Lipinski definition) is 0. The maximum Gasteiger partial charge on any atom is 0.108 e. The zero-order valence-corrected chi connectivity index (χ0v) is 20.4. The normalized spacial score (nSPS) is 50.7. The highest BCUT2D eigenvalue weighted by molar-refractivity contribution is 5.10. The molecule has 0 aliphatic heterocycles. The minimum atomic E-state index is -0.899. The molecule has 0 aromatic carbocycles. The molecule has 4 rings (SSSR count). The molecule has 4 saturated carbocycles. The van der Waals surface area contributed by atoms with Gasteiger partial charge in [0, 0.05) is 0 Å². The molecule has 0 aromatic rings. The highest BCUT2D eigenvalue weighted by atomic mass is 19.1. The molecule has 0 N–H and O–H groups in total. The van der Waals surface area contributed by atoms with Gasteiger partial charge in [-0.25, -0.2) is 4.39 Å². The van der Waals surface area contributed by atoms with Crippen molar-refractivity contribution >= 4 is 0 Å². The van der Waals surface area contributed by atoms with Crippen molar-refractivity contribution in [3.05, 3.63) is 0 Å². The second-order valence-electron chi connectivity index (χ2n) is 13.3. The van der Waals surface area contributed by atoms with Crippen molar-refractivity contribution in [2.24, 2.45) is 52.3 Å². The Morgan fingerprint density at radius 3 is 2.24 bits per heavy atom. The van der Waals surface area contributed by atoms with Gasteiger partial charge in [-0.15, -0.1) is 0 Å². The summed E-state index contributed by atoms with van der Waals surface area (Å²) in [5, 5.41) is 0. The molecule has 0 radical (unpaired) electrons. The number of alkyl halides is 1. The van der Waals surface area contributed by atoms with Gasteiger partial charge in [-0.1, -0.05) is 53.9 Å². The minimum absolute atomic E-state index is 0.427. The van der Waals surface area contributed by atoms with Crippen LogP contribution in [0.4, 0.5) is 4.39 Å². The minimum Gasteiger partial charge on any atom is -0.244 e. The monoisotopic (exact) mass is 404 g/mol. The van der Waals surface area contributed by atoms with Crippen LogP contribution in [-0.4, -0.2) is 5.67 Å². The first kappa shape index (κ1) is 22.1. The van der Waals surface area contributed by atoms with Gasteiger partial charge < -0.3 is 0 Å². The van der Waals surface area contributed by atoms with Crippen LogP contribution in [0.2, 0.25) is 0 Å². The quantitative estimate of drug-likeness (QED) is 0.429. The molecule has 0 saturated heterocycles. The SMILES string of the molecule is CC(C)CCC[C@@H](C)[C@H]1CC[C@H]2[C@@H]3CC[C@H]4C[C@](C)(F)CC[C@]4(C)[C@H]3CC[C@]12C. The second kappa shape index (κ2) is 7.81. The van der Waals surface area contributed by atoms with E-state index in [2.05, 4.69) is 34.6 Å². The third-order valence-corrected chi connectivity index (χ3v) is 11.1. The van der Waals surface area contributed by atoms with Crippen LogP contribution in [0.5, 0.6) is 0 Å². The van der Waals surface area contributed by atoms with E-state index in [4.69, 9.17) is 0 Å². The molecule has 168 valence electrons. The van der Waals surface area contributed by atoms with Crippen LogP contribution in [0.25, 0.3) is 0 Å². The summed E-state index contributed by atoms with van der Waals surface area (Å²) in [4.78, 5) is 0. The fourth-order valence-corrected chi connectivity index (χ4v) is 9.43. The molecule has 9 atom stereocenters. The molecule has 0 amide bonds. The van der Waals surface area contributed by atoms with Crippen molar-refractivity contribution in [2.75, 3.05) is 0 Å². The van der Waals surface area contributed by atoms with E-state index in [1.807, 2.05) is 6.92 Å². The molecule has 4 aliphatic carbocycles. The van der Waals surface area contributed by atoms with E-state index < -0.39 is 5.67 Å². The van der Waals surface area contributed by atoms with Gasteiger partial charge in [-0.05, 0) is 117 Å². The van der Waals surface area contributed by atoms with Crippen LogP contribution in [-0.2, 0) is 0 Å². The molecule has 0 bridgehead atoms. The number of rotatable bonds is 5. The molecule has 0 nitrogen and oxygen atoms in total. The largest absolute Gasteiger partial charge is 0.244 e. The van der Waals surface area contributed by atoms with Crippen molar-refractivity contribution in [1.82, 2.24) is 0 Å². The Kier molecular flexibility index (Phi) is 5.96. The number of hydrogen-bond donors (Lipinski definition) is 0. The molecule has 4 fully saturated rings. The summed E-state index contributed by atoms with van der Waals surface area (Å²) in [6.45, 7) is 14.5. The van der Waals surface area contributed by atoms with E-state index >= 15 is 0 Å². The summed E-state index contributed by atoms with van der Waals surface area (Å²) in [5.41, 5.74) is 0.117. The molecule has 4 aliphatic rings. The Balaban J connectivity index is 1.46. The smallest absolute Gasteiger partial charge is 0.108 e. The van der Waals surface area contributed by atoms with Gasteiger partial charge in [0.2, 0.25) is 0 Å². The first-order chi connectivity index (χ1) is 13.6. The maximum absolute atomic E-state index is 14.8. The molecular weight excluding hydrogens is 355 g/mol. The Labute approximate surface area is 181 Å². The molecule has 0 spiro atoms. The lowest BCUT2D eigenvalue weighted by molar-refractivity contribution is -0.134. The predicted molar refractivity (Wildman–Crippen MR) is 123 cm³/mol. The van der Waals surface area contributed by atoms with Crippen molar-refractivity contribution in [3.8, 4) is 0 Å². The van der Waals surface area contributed by atoms with Crippen molar-refractivity contribution < 1.29 is 4.39 Å². The average Bonchev–Trinajstić information content (AvgIpc) is 2.99. The first-order valence-electron chi connectivity index (χ1n) is 13.3. The van der Waals surface area contributed by atoms with Crippen LogP contribution in [0, 0.1) is 52.3 Å². The second-order valence-corrected chi connectivity index (χ2v) is 13.3. The van der Waals surface area contributed by atoms with E-state index in [0.717, 1.165) is 54.8 Å². The zero-order valence-electron chi connectivity index (χ0n) is 20.4. The van der Waals surface area contributed by atoms with E-state index in [1.165, 1.54) is 57.8 Å². The lowest BCUT2D eigenvalue weighted by Crippen LogP contribution is -2.55. The van der Waals surface area contributed by atoms with Gasteiger partial charge in [-0.2, -0.15) is 0 Å². The average molecular weight is 405 g/mol. The van der Waals surface area contributed by atoms with E-state index in [-0.39, 0.29) is 0 Å². The molecule has 0 unspecified atom stereocenters. The third-order valence-electron chi connectivity index (χ3n) is 11.1. The van der Waals surface area contributed by atoms with E-state index in [0.29, 0.717) is 16.7 Å². The van der Waals surface area contributed by atoms with Gasteiger partial charge in [0.1, 0.15) is 5.67 Å². The summed E-state index contributed by atoms with van der Waals surface area (Å²) in [6, 6.07) is 0. The lowest BCUT2D eigenvalue weighted by Gasteiger charge is -2.62. The molecule has 0 heterocycles. The summed E-state index contributed by atoms with van der Waals surface area (Å²) < 4.78 is 14.8. The molecule has 1 heteroatoms. The van der Waals surface area contributed by atoms with Gasteiger partial charge in [-0.3, -0.25) is 0 Å². The molecular formula is C28H49F. The summed E-state index contributed by atoms with van der Waals surface area (Å²) in [6.07, 6.45) is 15.6. The van der Waals surface area contributed by atoms with Crippen LogP contribution in [0.15, 0.2) is 0 Å². The fraction of sp³-hybridized carbons (Fsp3) is 1.00. The molecule has 29 heavy (non-hydrogen) atoms. The Morgan fingerprint density at radius 1 is 0.793 bits per heavy atom. The van der Waals surface area contributed by atoms with Crippen LogP contribution in [0.3, 0.4) is 0 Å². The Bertz CT molecular complexity index is 579. The van der Waals surface area contributed by atoms with Crippen molar-refractivity contribution in [3.63, 3.8) is 0 Å². The van der Waals surface area contributed by atoms with Crippen LogP contribution >= 0.6 is 0 Å². The Hall–Kier alpha value is -0.0700. The molecule has 0 aromatic heterocycles. The van der Waals surface area contributed by atoms with Gasteiger partial charge in [0.15, 0.2) is 0 Å². The predicted octanol–water partition coefficient (Wildman–Crippen LogP) is 8.84. The number of halogens is 1. The topological polar surface area (TPSA) is 0 Å². The third kappa shape index (κ3) is 3.84. The summed E-state index contributed by atoms with van der Waals surface area (Å²) in [7, 11) is 0. The van der Waals surface area contributed by atoms with Crippen LogP contribution in [0.1, 0.15) is 119 Å². The van der Waals surface area contributed by atoms with Crippen molar-refractivity contribution in [1.29, 1.82) is 0 Å². The van der Waals surface area contributed by atoms with Crippen LogP contribution < -0.4 is 0 Å². The number of fused-ring (bicyclic) bond motifs is 5. The summed E-state index contributed by atoms with van der Waals surface area (Å²) >= 11 is 0. The standard InChI is InChI=1S/C28H49F/c1-19(2)8-7-9-20(3)23-12-13-24-22-11-10-21-18-26(4,29)16-17-27(21,5)25(22)14-15-28(23,24)6/h19-25H,7-18H2,1-6H3/t20-,21+,22+,23-,24+,25+,26-,27+,28-/m1/s1. The van der Waals surface area contributed by atoms with Gasteiger partial charge >= 0.3 is 0 Å². The van der Waals surface area contributed by atoms with Gasteiger partial charge in [0.05, 0.1) is 0 Å². The first-order valence-corrected chi connectivity index (χ1v) is 13.3. The zero-order chi connectivity index (χ0) is 21.0. The lowest BCUT2D eigenvalue weighted by atomic mass is 9.44. The summed E-state index contributed by atoms with van der Waals surface area (Å²) in [5.74, 6) is 6.11. The highest BCUT2D eigenvalue weighted by Crippen LogP contribution is 2.69. The van der Waals surface area contributed by atoms with Gasteiger partial charge in [0.25, 0.3) is 0 Å². The van der Waals surface area contributed by atoms with Crippen molar-refractivity contribution in [2.45, 2.75) is 124 Å². The fourth-order valence-electron chi connectivity index (χ4n) is 9.43. The Morgan fingerprint density at radius 2 is 1.52 bits per heavy atom. The maximum atomic E-state index is 14.8. The highest BCUT2D eigenvalue weighted by Gasteiger charge is 2.61. The van der Waals surface area contributed by atoms with E-state index in [9.17, 15) is 4.39 Å². The van der Waals surface area contributed by atoms with E-state index in [1.54, 1.807) is 0 Å².